The summed E-state index contributed by atoms with van der Waals surface area (Å²) in [4.78, 5) is 30.2. The Bertz CT molecular complexity index is 939. The van der Waals surface area contributed by atoms with Crippen molar-refractivity contribution in [2.45, 2.75) is 32.1 Å². The van der Waals surface area contributed by atoms with Crippen LogP contribution in [0.5, 0.6) is 0 Å². The fourth-order valence-electron chi connectivity index (χ4n) is 3.11. The van der Waals surface area contributed by atoms with Crippen molar-refractivity contribution in [3.8, 4) is 0 Å². The number of hydrogen-bond donors (Lipinski definition) is 1. The van der Waals surface area contributed by atoms with Crippen LogP contribution in [0.3, 0.4) is 0 Å². The van der Waals surface area contributed by atoms with E-state index in [0.29, 0.717) is 5.76 Å². The molecular formula is C18H21N3O5S. The third-order valence-corrected chi connectivity index (χ3v) is 5.87. The lowest BCUT2D eigenvalue weighted by Gasteiger charge is -2.25. The van der Waals surface area contributed by atoms with Gasteiger partial charge in [0.15, 0.2) is 6.39 Å². The second-order valence-electron chi connectivity index (χ2n) is 6.61. The molecule has 2 unspecified atom stereocenters. The van der Waals surface area contributed by atoms with Gasteiger partial charge in [-0.1, -0.05) is 30.3 Å². The van der Waals surface area contributed by atoms with Crippen LogP contribution in [0, 0.1) is 12.8 Å². The van der Waals surface area contributed by atoms with Gasteiger partial charge in [0.1, 0.15) is 11.5 Å². The van der Waals surface area contributed by atoms with Crippen LogP contribution in [-0.4, -0.2) is 36.7 Å². The fraction of sp³-hybridized carbons (Fsp3) is 0.389. The molecule has 0 aliphatic carbocycles. The van der Waals surface area contributed by atoms with Gasteiger partial charge in [0.25, 0.3) is 0 Å². The molecule has 9 heteroatoms. The Morgan fingerprint density at radius 3 is 2.70 bits per heavy atom. The zero-order chi connectivity index (χ0) is 19.6. The van der Waals surface area contributed by atoms with Crippen molar-refractivity contribution in [3.63, 3.8) is 0 Å². The van der Waals surface area contributed by atoms with Crippen LogP contribution in [0.4, 0.5) is 0 Å². The number of nitrogens with one attached hydrogen (secondary N) is 1. The van der Waals surface area contributed by atoms with Crippen molar-refractivity contribution in [2.24, 2.45) is 5.92 Å². The van der Waals surface area contributed by atoms with Crippen molar-refractivity contribution < 1.29 is 22.4 Å². The van der Waals surface area contributed by atoms with Crippen LogP contribution in [0.2, 0.25) is 0 Å². The smallest absolute Gasteiger partial charge is 0.240 e. The minimum absolute atomic E-state index is 0.0124. The Hall–Kier alpha value is -2.68. The number of benzene rings is 1. The number of rotatable bonds is 6. The van der Waals surface area contributed by atoms with Crippen molar-refractivity contribution in [3.05, 3.63) is 53.7 Å². The van der Waals surface area contributed by atoms with E-state index in [4.69, 9.17) is 4.42 Å². The number of nitrogens with zero attached hydrogens (tertiary/aromatic N) is 2. The molecule has 8 nitrogen and oxygen atoms in total. The number of amides is 2. The lowest BCUT2D eigenvalue weighted by molar-refractivity contribution is -0.130. The van der Waals surface area contributed by atoms with E-state index >= 15 is 0 Å². The van der Waals surface area contributed by atoms with Gasteiger partial charge in [-0.25, -0.2) is 13.4 Å². The first-order chi connectivity index (χ1) is 12.8. The van der Waals surface area contributed by atoms with Gasteiger partial charge in [-0.15, -0.1) is 0 Å². The number of aromatic nitrogens is 1. The zero-order valence-corrected chi connectivity index (χ0v) is 15.9. The summed E-state index contributed by atoms with van der Waals surface area (Å²) in [6.45, 7) is 3.66. The lowest BCUT2D eigenvalue weighted by atomic mass is 10.1. The first kappa shape index (κ1) is 19.1. The molecule has 0 bridgehead atoms. The van der Waals surface area contributed by atoms with E-state index in [2.05, 4.69) is 9.71 Å². The quantitative estimate of drug-likeness (QED) is 0.800. The Labute approximate surface area is 157 Å². The maximum absolute atomic E-state index is 12.4. The first-order valence-corrected chi connectivity index (χ1v) is 10.2. The number of sulfonamides is 1. The Kier molecular flexibility index (Phi) is 5.31. The zero-order valence-electron chi connectivity index (χ0n) is 15.1. The van der Waals surface area contributed by atoms with Crippen LogP contribution < -0.4 is 4.72 Å². The van der Waals surface area contributed by atoms with Gasteiger partial charge in [-0.2, -0.15) is 0 Å². The molecule has 3 rings (SSSR count). The number of oxazole rings is 1. The topological polar surface area (TPSA) is 110 Å². The number of likely N-dealkylation sites (tertiary alicyclic amines) is 1. The molecule has 0 radical (unpaired) electrons. The number of carbonyl (C=O) groups excluding carboxylic acids is 2. The van der Waals surface area contributed by atoms with Crippen molar-refractivity contribution >= 4 is 21.8 Å². The van der Waals surface area contributed by atoms with Gasteiger partial charge in [-0.05, 0) is 19.4 Å². The summed E-state index contributed by atoms with van der Waals surface area (Å²) in [6, 6.07) is 9.29. The third-order valence-electron chi connectivity index (χ3n) is 4.71. The van der Waals surface area contributed by atoms with Crippen LogP contribution in [0.25, 0.3) is 0 Å². The fourth-order valence-corrected chi connectivity index (χ4v) is 4.30. The molecule has 1 aromatic heterocycles. The summed E-state index contributed by atoms with van der Waals surface area (Å²) in [5.41, 5.74) is 1.21. The first-order valence-electron chi connectivity index (χ1n) is 8.54. The molecule has 27 heavy (non-hydrogen) atoms. The molecule has 2 aromatic rings. The molecule has 2 heterocycles. The Balaban J connectivity index is 1.64. The maximum atomic E-state index is 12.4. The van der Waals surface area contributed by atoms with Gasteiger partial charge in [0.05, 0.1) is 17.7 Å². The molecule has 1 aromatic carbocycles. The molecule has 144 valence electrons. The highest BCUT2D eigenvalue weighted by atomic mass is 32.2. The summed E-state index contributed by atoms with van der Waals surface area (Å²) >= 11 is 0. The Morgan fingerprint density at radius 2 is 2.07 bits per heavy atom. The van der Waals surface area contributed by atoms with Gasteiger partial charge < -0.3 is 9.32 Å². The standard InChI is InChI=1S/C18H21N3O5S/c1-12(14-6-4-3-5-7-14)21-9-15(8-17(21)22)18(23)20-27(24,25)10-16-13(2)26-11-19-16/h3-7,11-12,15H,8-10H2,1-2H3,(H,20,23). The highest BCUT2D eigenvalue weighted by Gasteiger charge is 2.38. The molecule has 1 aliphatic rings. The maximum Gasteiger partial charge on any atom is 0.240 e. The second kappa shape index (κ2) is 7.51. The molecule has 0 spiro atoms. The molecule has 0 saturated carbocycles. The summed E-state index contributed by atoms with van der Waals surface area (Å²) in [7, 11) is -3.92. The monoisotopic (exact) mass is 391 g/mol. The van der Waals surface area contributed by atoms with Crippen molar-refractivity contribution in [1.29, 1.82) is 0 Å². The average molecular weight is 391 g/mol. The van der Waals surface area contributed by atoms with E-state index in [9.17, 15) is 18.0 Å². The van der Waals surface area contributed by atoms with Crippen LogP contribution in [0.1, 0.15) is 36.4 Å². The highest BCUT2D eigenvalue weighted by Crippen LogP contribution is 2.28. The largest absolute Gasteiger partial charge is 0.448 e. The highest BCUT2D eigenvalue weighted by molar-refractivity contribution is 7.89. The van der Waals surface area contributed by atoms with Gasteiger partial charge in [0.2, 0.25) is 21.8 Å². The van der Waals surface area contributed by atoms with Gasteiger partial charge in [-0.3, -0.25) is 14.3 Å². The minimum atomic E-state index is -3.92. The van der Waals surface area contributed by atoms with Gasteiger partial charge >= 0.3 is 0 Å². The molecule has 2 amide bonds. The van der Waals surface area contributed by atoms with Gasteiger partial charge in [0, 0.05) is 13.0 Å². The molecular weight excluding hydrogens is 370 g/mol. The normalized spacial score (nSPS) is 18.5. The number of hydrogen-bond acceptors (Lipinski definition) is 6. The summed E-state index contributed by atoms with van der Waals surface area (Å²) in [6.07, 6.45) is 1.14. The van der Waals surface area contributed by atoms with Crippen molar-refractivity contribution in [1.82, 2.24) is 14.6 Å². The van der Waals surface area contributed by atoms with Crippen molar-refractivity contribution in [2.75, 3.05) is 6.54 Å². The molecule has 1 fully saturated rings. The molecule has 1 N–H and O–H groups in total. The SMILES string of the molecule is Cc1ocnc1CS(=O)(=O)NC(=O)C1CC(=O)N(C(C)c2ccccc2)C1. The van der Waals surface area contributed by atoms with Crippen LogP contribution in [-0.2, 0) is 25.4 Å². The van der Waals surface area contributed by atoms with E-state index in [1.165, 1.54) is 0 Å². The third kappa shape index (κ3) is 4.36. The predicted octanol–water partition coefficient (Wildman–Crippen LogP) is 1.54. The lowest BCUT2D eigenvalue weighted by Crippen LogP contribution is -2.38. The number of carbonyl (C=O) groups is 2. The average Bonchev–Trinajstić information content (AvgIpc) is 3.20. The van der Waals surface area contributed by atoms with E-state index in [0.717, 1.165) is 12.0 Å². The van der Waals surface area contributed by atoms with Crippen LogP contribution in [0.15, 0.2) is 41.1 Å². The summed E-state index contributed by atoms with van der Waals surface area (Å²) in [5, 5.41) is 0. The summed E-state index contributed by atoms with van der Waals surface area (Å²) < 4.78 is 31.5. The number of aryl methyl sites for hydroxylation is 1. The van der Waals surface area contributed by atoms with E-state index in [1.54, 1.807) is 11.8 Å². The predicted molar refractivity (Wildman–Crippen MR) is 96.7 cm³/mol. The molecule has 2 atom stereocenters. The molecule has 1 saturated heterocycles. The Morgan fingerprint density at radius 1 is 1.37 bits per heavy atom. The van der Waals surface area contributed by atoms with E-state index in [-0.39, 0.29) is 30.6 Å². The van der Waals surface area contributed by atoms with E-state index < -0.39 is 27.6 Å². The summed E-state index contributed by atoms with van der Waals surface area (Å²) in [5.74, 6) is -1.63. The molecule has 1 aliphatic heterocycles. The minimum Gasteiger partial charge on any atom is -0.448 e. The van der Waals surface area contributed by atoms with Crippen LogP contribution >= 0.6 is 0 Å². The van der Waals surface area contributed by atoms with E-state index in [1.807, 2.05) is 37.3 Å². The second-order valence-corrected chi connectivity index (χ2v) is 8.34.